The number of benzene rings is 1. The first-order chi connectivity index (χ1) is 9.51. The number of carbonyl (C=O) groups is 1. The molecule has 1 aromatic rings. The van der Waals surface area contributed by atoms with Crippen LogP contribution in [0.1, 0.15) is 25.8 Å². The van der Waals surface area contributed by atoms with E-state index < -0.39 is 5.60 Å². The van der Waals surface area contributed by atoms with E-state index in [4.69, 9.17) is 16.3 Å². The molecular weight excluding hydrogens is 274 g/mol. The van der Waals surface area contributed by atoms with Gasteiger partial charge in [0, 0.05) is 24.9 Å². The highest BCUT2D eigenvalue weighted by atomic mass is 35.5. The molecule has 1 saturated heterocycles. The fourth-order valence-corrected chi connectivity index (χ4v) is 3.16. The van der Waals surface area contributed by atoms with E-state index in [1.165, 1.54) is 0 Å². The number of likely N-dealkylation sites (tertiary alicyclic amines) is 1. The maximum absolute atomic E-state index is 11.8. The lowest BCUT2D eigenvalue weighted by molar-refractivity contribution is -0.176. The molecule has 0 bridgehead atoms. The highest BCUT2D eigenvalue weighted by Crippen LogP contribution is 2.43. The van der Waals surface area contributed by atoms with Gasteiger partial charge in [-0.15, -0.1) is 11.6 Å². The fourth-order valence-electron chi connectivity index (χ4n) is 3.11. The second-order valence-electron chi connectivity index (χ2n) is 5.62. The first-order valence-corrected chi connectivity index (χ1v) is 7.58. The second kappa shape index (κ2) is 6.15. The molecule has 1 heterocycles. The van der Waals surface area contributed by atoms with Crippen molar-refractivity contribution in [1.29, 1.82) is 0 Å². The molecule has 0 N–H and O–H groups in total. The minimum atomic E-state index is -0.570. The lowest BCUT2D eigenvalue weighted by atomic mass is 9.73. The predicted molar refractivity (Wildman–Crippen MR) is 80.8 cm³/mol. The third-order valence-electron chi connectivity index (χ3n) is 4.66. The summed E-state index contributed by atoms with van der Waals surface area (Å²) < 4.78 is 5.85. The van der Waals surface area contributed by atoms with Gasteiger partial charge in [-0.05, 0) is 19.5 Å². The maximum Gasteiger partial charge on any atom is 0.321 e. The van der Waals surface area contributed by atoms with Crippen LogP contribution in [0.25, 0.3) is 0 Å². The zero-order valence-electron chi connectivity index (χ0n) is 12.3. The Morgan fingerprint density at radius 2 is 2.05 bits per heavy atom. The van der Waals surface area contributed by atoms with Crippen molar-refractivity contribution < 1.29 is 9.53 Å². The number of ether oxygens (including phenoxy) is 1. The topological polar surface area (TPSA) is 29.5 Å². The van der Waals surface area contributed by atoms with Crippen molar-refractivity contribution in [2.75, 3.05) is 19.5 Å². The van der Waals surface area contributed by atoms with Gasteiger partial charge in [0.25, 0.3) is 0 Å². The second-order valence-corrected chi connectivity index (χ2v) is 5.89. The minimum absolute atomic E-state index is 0.106. The number of piperidine rings is 1. The van der Waals surface area contributed by atoms with Gasteiger partial charge in [0.05, 0.1) is 0 Å². The molecule has 0 unspecified atom stereocenters. The molecule has 2 rings (SSSR count). The Bertz CT molecular complexity index is 465. The molecule has 3 nitrogen and oxygen atoms in total. The average Bonchev–Trinajstić information content (AvgIpc) is 2.49. The van der Waals surface area contributed by atoms with Crippen LogP contribution in [-0.2, 0) is 15.1 Å². The van der Waals surface area contributed by atoms with Gasteiger partial charge in [-0.25, -0.2) is 0 Å². The maximum atomic E-state index is 11.8. The molecule has 1 aromatic carbocycles. The summed E-state index contributed by atoms with van der Waals surface area (Å²) in [6.07, 6.45) is 0.793. The predicted octanol–water partition coefficient (Wildman–Crippen LogP) is 3.02. The number of halogens is 1. The van der Waals surface area contributed by atoms with Crippen molar-refractivity contribution in [2.24, 2.45) is 5.92 Å². The summed E-state index contributed by atoms with van der Waals surface area (Å²) in [5.74, 6) is -0.249. The van der Waals surface area contributed by atoms with Gasteiger partial charge >= 0.3 is 5.97 Å². The largest absolute Gasteiger partial charge is 0.453 e. The summed E-state index contributed by atoms with van der Waals surface area (Å²) in [5.41, 5.74) is 0.491. The van der Waals surface area contributed by atoms with Gasteiger partial charge in [-0.2, -0.15) is 0 Å². The molecule has 0 spiro atoms. The Morgan fingerprint density at radius 3 is 2.65 bits per heavy atom. The molecule has 0 saturated carbocycles. The van der Waals surface area contributed by atoms with Crippen molar-refractivity contribution in [3.63, 3.8) is 0 Å². The number of rotatable bonds is 3. The molecule has 0 aliphatic carbocycles. The van der Waals surface area contributed by atoms with Gasteiger partial charge in [0.2, 0.25) is 0 Å². The Labute approximate surface area is 125 Å². The Morgan fingerprint density at radius 1 is 1.40 bits per heavy atom. The van der Waals surface area contributed by atoms with E-state index in [1.807, 2.05) is 30.3 Å². The molecule has 0 aromatic heterocycles. The summed E-state index contributed by atoms with van der Waals surface area (Å²) in [7, 11) is 2.11. The quantitative estimate of drug-likeness (QED) is 0.634. The zero-order valence-corrected chi connectivity index (χ0v) is 13.1. The summed E-state index contributed by atoms with van der Waals surface area (Å²) in [6.45, 7) is 5.22. The van der Waals surface area contributed by atoms with Crippen LogP contribution in [0.2, 0.25) is 0 Å². The molecule has 20 heavy (non-hydrogen) atoms. The number of alkyl halides is 1. The normalized spacial score (nSPS) is 31.0. The number of nitrogens with zero attached hydrogens (tertiary/aromatic N) is 1. The first kappa shape index (κ1) is 15.3. The van der Waals surface area contributed by atoms with Crippen LogP contribution < -0.4 is 0 Å². The Hall–Kier alpha value is -1.06. The van der Waals surface area contributed by atoms with Gasteiger partial charge in [-0.1, -0.05) is 37.3 Å². The van der Waals surface area contributed by atoms with E-state index in [1.54, 1.807) is 0 Å². The number of hydrogen-bond donors (Lipinski definition) is 0. The number of esters is 1. The smallest absolute Gasteiger partial charge is 0.321 e. The van der Waals surface area contributed by atoms with Crippen LogP contribution in [0, 0.1) is 5.92 Å². The van der Waals surface area contributed by atoms with Crippen LogP contribution >= 0.6 is 11.6 Å². The van der Waals surface area contributed by atoms with Crippen LogP contribution in [0.3, 0.4) is 0 Å². The number of hydrogen-bond acceptors (Lipinski definition) is 3. The zero-order chi connectivity index (χ0) is 14.8. The van der Waals surface area contributed by atoms with Crippen LogP contribution in [0.15, 0.2) is 30.3 Å². The van der Waals surface area contributed by atoms with Crippen LogP contribution in [-0.4, -0.2) is 36.4 Å². The third kappa shape index (κ3) is 2.70. The lowest BCUT2D eigenvalue weighted by Crippen LogP contribution is -2.54. The fraction of sp³-hybridized carbons (Fsp3) is 0.562. The van der Waals surface area contributed by atoms with Gasteiger partial charge in [0.15, 0.2) is 0 Å². The van der Waals surface area contributed by atoms with Crippen LogP contribution in [0.4, 0.5) is 0 Å². The highest BCUT2D eigenvalue weighted by Gasteiger charge is 2.47. The van der Waals surface area contributed by atoms with E-state index in [-0.39, 0.29) is 17.8 Å². The molecule has 4 heteroatoms. The van der Waals surface area contributed by atoms with E-state index in [9.17, 15) is 4.79 Å². The molecule has 3 atom stereocenters. The Kier molecular flexibility index (Phi) is 4.71. The van der Waals surface area contributed by atoms with E-state index in [0.29, 0.717) is 6.04 Å². The monoisotopic (exact) mass is 295 g/mol. The minimum Gasteiger partial charge on any atom is -0.453 e. The SMILES string of the molecule is C[C@@H]1[C@H](C)[C@](OC(=O)CCl)(c2ccccc2)CCN1C. The van der Waals surface area contributed by atoms with E-state index in [2.05, 4.69) is 25.8 Å². The lowest BCUT2D eigenvalue weighted by Gasteiger charge is -2.49. The van der Waals surface area contributed by atoms with E-state index >= 15 is 0 Å². The first-order valence-electron chi connectivity index (χ1n) is 7.05. The molecule has 0 amide bonds. The summed E-state index contributed by atoms with van der Waals surface area (Å²) >= 11 is 5.65. The van der Waals surface area contributed by atoms with Crippen molar-refractivity contribution in [2.45, 2.75) is 31.9 Å². The summed E-state index contributed by atoms with van der Waals surface area (Å²) in [6, 6.07) is 10.4. The number of carbonyl (C=O) groups excluding carboxylic acids is 1. The van der Waals surface area contributed by atoms with Crippen LogP contribution in [0.5, 0.6) is 0 Å². The van der Waals surface area contributed by atoms with Crippen molar-refractivity contribution >= 4 is 17.6 Å². The molecule has 0 radical (unpaired) electrons. The summed E-state index contributed by atoms with van der Waals surface area (Å²) in [4.78, 5) is 14.1. The van der Waals surface area contributed by atoms with Crippen molar-refractivity contribution in [3.05, 3.63) is 35.9 Å². The molecule has 110 valence electrons. The van der Waals surface area contributed by atoms with Gasteiger partial charge < -0.3 is 9.64 Å². The van der Waals surface area contributed by atoms with Crippen molar-refractivity contribution in [3.8, 4) is 0 Å². The molecule has 1 aliphatic heterocycles. The molecular formula is C16H22ClNO2. The van der Waals surface area contributed by atoms with Crippen molar-refractivity contribution in [1.82, 2.24) is 4.90 Å². The molecule has 1 fully saturated rings. The average molecular weight is 296 g/mol. The Balaban J connectivity index is 2.42. The van der Waals surface area contributed by atoms with Gasteiger partial charge in [0.1, 0.15) is 11.5 Å². The highest BCUT2D eigenvalue weighted by molar-refractivity contribution is 6.26. The third-order valence-corrected chi connectivity index (χ3v) is 4.88. The van der Waals surface area contributed by atoms with E-state index in [0.717, 1.165) is 18.5 Å². The molecule has 1 aliphatic rings. The summed E-state index contributed by atoms with van der Waals surface area (Å²) in [5, 5.41) is 0. The standard InChI is InChI=1S/C16H22ClNO2/c1-12-13(2)18(3)10-9-16(12,20-15(19)11-17)14-7-5-4-6-8-14/h4-8,12-13H,9-11H2,1-3H3/t12-,13+,16-/m0/s1. The van der Waals surface area contributed by atoms with Gasteiger partial charge in [-0.3, -0.25) is 4.79 Å².